The first-order valence-electron chi connectivity index (χ1n) is 7.03. The van der Waals surface area contributed by atoms with E-state index in [0.29, 0.717) is 5.75 Å². The van der Waals surface area contributed by atoms with Gasteiger partial charge in [0.25, 0.3) is 0 Å². The van der Waals surface area contributed by atoms with Gasteiger partial charge in [0, 0.05) is 16.3 Å². The van der Waals surface area contributed by atoms with Crippen molar-refractivity contribution >= 4 is 32.3 Å². The Kier molecular flexibility index (Phi) is 2.37. The molecule has 0 aliphatic carbocycles. The summed E-state index contributed by atoms with van der Waals surface area (Å²) in [4.78, 5) is 0. The van der Waals surface area contributed by atoms with Crippen LogP contribution in [-0.2, 0) is 0 Å². The van der Waals surface area contributed by atoms with E-state index >= 15 is 0 Å². The average Bonchev–Trinajstić information content (AvgIpc) is 2.49. The third-order valence-electron chi connectivity index (χ3n) is 4.24. The van der Waals surface area contributed by atoms with E-state index in [1.165, 1.54) is 16.3 Å². The van der Waals surface area contributed by atoms with Crippen LogP contribution in [0.1, 0.15) is 18.1 Å². The van der Waals surface area contributed by atoms with Crippen LogP contribution in [0.2, 0.25) is 0 Å². The first-order chi connectivity index (χ1) is 10.2. The Hall–Kier alpha value is -2.72. The molecule has 4 aromatic carbocycles. The van der Waals surface area contributed by atoms with Crippen molar-refractivity contribution in [2.45, 2.75) is 13.8 Å². The summed E-state index contributed by atoms with van der Waals surface area (Å²) in [5.41, 5.74) is 2.19. The molecule has 1 heteroatoms. The Morgan fingerprint density at radius 3 is 2.43 bits per heavy atom. The molecule has 0 saturated carbocycles. The molecular formula is C20H14O. The third-order valence-corrected chi connectivity index (χ3v) is 4.24. The lowest BCUT2D eigenvalue weighted by atomic mass is 9.90. The number of benzene rings is 4. The van der Waals surface area contributed by atoms with Crippen molar-refractivity contribution in [1.82, 2.24) is 0 Å². The molecule has 1 nitrogen and oxygen atoms in total. The van der Waals surface area contributed by atoms with Crippen molar-refractivity contribution in [3.63, 3.8) is 0 Å². The molecule has 0 bridgehead atoms. The van der Waals surface area contributed by atoms with E-state index in [2.05, 4.69) is 43.0 Å². The van der Waals surface area contributed by atoms with Crippen LogP contribution in [0.4, 0.5) is 0 Å². The summed E-state index contributed by atoms with van der Waals surface area (Å²) in [7, 11) is 0. The molecule has 0 aromatic heterocycles. The third kappa shape index (κ3) is 1.53. The van der Waals surface area contributed by atoms with Gasteiger partial charge in [-0.05, 0) is 59.2 Å². The summed E-state index contributed by atoms with van der Waals surface area (Å²) < 4.78 is 0. The lowest BCUT2D eigenvalue weighted by Crippen LogP contribution is -1.89. The number of phenolic OH excluding ortho intramolecular Hbond substituents is 1. The minimum atomic E-state index is 0.338. The van der Waals surface area contributed by atoms with E-state index in [0.717, 1.165) is 27.1 Å². The molecule has 1 N–H and O–H groups in total. The Bertz CT molecular complexity index is 1060. The molecule has 0 fully saturated rings. The van der Waals surface area contributed by atoms with Crippen LogP contribution < -0.4 is 0 Å². The first kappa shape index (κ1) is 12.1. The zero-order chi connectivity index (χ0) is 14.6. The lowest BCUT2D eigenvalue weighted by Gasteiger charge is -2.14. The highest BCUT2D eigenvalue weighted by Crippen LogP contribution is 2.41. The highest BCUT2D eigenvalue weighted by molar-refractivity contribution is 6.25. The van der Waals surface area contributed by atoms with Crippen LogP contribution in [-0.4, -0.2) is 5.11 Å². The summed E-state index contributed by atoms with van der Waals surface area (Å²) in [6.07, 6.45) is 0. The lowest BCUT2D eigenvalue weighted by molar-refractivity contribution is 0.482. The van der Waals surface area contributed by atoms with E-state index in [1.807, 2.05) is 25.1 Å². The van der Waals surface area contributed by atoms with Gasteiger partial charge in [-0.15, -0.1) is 5.92 Å². The number of aromatic hydroxyl groups is 1. The summed E-state index contributed by atoms with van der Waals surface area (Å²) in [6, 6.07) is 14.3. The van der Waals surface area contributed by atoms with Crippen LogP contribution in [0.15, 0.2) is 42.5 Å². The number of hydrogen-bond acceptors (Lipinski definition) is 1. The Morgan fingerprint density at radius 1 is 0.857 bits per heavy atom. The van der Waals surface area contributed by atoms with Gasteiger partial charge < -0.3 is 5.11 Å². The largest absolute Gasteiger partial charge is 0.507 e. The predicted molar refractivity (Wildman–Crippen MR) is 89.1 cm³/mol. The molecule has 0 saturated heterocycles. The minimum Gasteiger partial charge on any atom is -0.507 e. The van der Waals surface area contributed by atoms with Crippen LogP contribution in [0, 0.1) is 18.8 Å². The molecule has 0 spiro atoms. The van der Waals surface area contributed by atoms with E-state index in [4.69, 9.17) is 0 Å². The number of hydrogen-bond donors (Lipinski definition) is 1. The molecule has 0 amide bonds. The van der Waals surface area contributed by atoms with E-state index in [9.17, 15) is 5.11 Å². The van der Waals surface area contributed by atoms with Crippen LogP contribution >= 0.6 is 0 Å². The minimum absolute atomic E-state index is 0.338. The van der Waals surface area contributed by atoms with Gasteiger partial charge in [0.1, 0.15) is 5.75 Å². The van der Waals surface area contributed by atoms with Crippen LogP contribution in [0.25, 0.3) is 32.3 Å². The normalized spacial score (nSPS) is 11.1. The van der Waals surface area contributed by atoms with Crippen molar-refractivity contribution in [2.75, 3.05) is 0 Å². The van der Waals surface area contributed by atoms with Gasteiger partial charge in [-0.2, -0.15) is 0 Å². The van der Waals surface area contributed by atoms with Crippen molar-refractivity contribution in [3.8, 4) is 17.6 Å². The Morgan fingerprint density at radius 2 is 1.62 bits per heavy atom. The molecule has 0 aliphatic heterocycles. The fraction of sp³-hybridized carbons (Fsp3) is 0.100. The molecule has 0 atom stereocenters. The summed E-state index contributed by atoms with van der Waals surface area (Å²) >= 11 is 0. The number of rotatable bonds is 0. The SMILES string of the molecule is CC#Cc1ccc2c(O)cc3c(C)ccc4ccc1c2c43. The maximum absolute atomic E-state index is 10.4. The van der Waals surface area contributed by atoms with Crippen LogP contribution in [0.5, 0.6) is 5.75 Å². The van der Waals surface area contributed by atoms with Gasteiger partial charge in [-0.3, -0.25) is 0 Å². The predicted octanol–water partition coefficient (Wildman–Crippen LogP) is 4.97. The second-order valence-electron chi connectivity index (χ2n) is 5.45. The maximum atomic E-state index is 10.4. The average molecular weight is 270 g/mol. The standard InChI is InChI=1S/C20H14O/c1-3-4-13-7-10-16-18(21)11-17-12(2)5-6-14-8-9-15(13)20(16)19(14)17/h5-11,21H,1-2H3. The van der Waals surface area contributed by atoms with Gasteiger partial charge in [-0.25, -0.2) is 0 Å². The maximum Gasteiger partial charge on any atom is 0.124 e. The zero-order valence-electron chi connectivity index (χ0n) is 12.0. The van der Waals surface area contributed by atoms with Gasteiger partial charge in [-0.1, -0.05) is 30.2 Å². The van der Waals surface area contributed by atoms with Gasteiger partial charge in [0.2, 0.25) is 0 Å². The Balaban J connectivity index is 2.40. The number of phenols is 1. The second kappa shape index (κ2) is 4.14. The molecule has 4 aromatic rings. The summed E-state index contributed by atoms with van der Waals surface area (Å²) in [5, 5.41) is 17.1. The molecule has 0 unspecified atom stereocenters. The summed E-state index contributed by atoms with van der Waals surface area (Å²) in [6.45, 7) is 3.93. The molecule has 0 radical (unpaired) electrons. The van der Waals surface area contributed by atoms with Crippen molar-refractivity contribution in [1.29, 1.82) is 0 Å². The monoisotopic (exact) mass is 270 g/mol. The van der Waals surface area contributed by atoms with E-state index < -0.39 is 0 Å². The highest BCUT2D eigenvalue weighted by Gasteiger charge is 2.14. The van der Waals surface area contributed by atoms with Crippen molar-refractivity contribution in [3.05, 3.63) is 53.6 Å². The topological polar surface area (TPSA) is 20.2 Å². The van der Waals surface area contributed by atoms with Gasteiger partial charge >= 0.3 is 0 Å². The van der Waals surface area contributed by atoms with E-state index in [-0.39, 0.29) is 0 Å². The number of aryl methyl sites for hydroxylation is 1. The van der Waals surface area contributed by atoms with Crippen LogP contribution in [0.3, 0.4) is 0 Å². The zero-order valence-corrected chi connectivity index (χ0v) is 12.0. The fourth-order valence-electron chi connectivity index (χ4n) is 3.25. The van der Waals surface area contributed by atoms with Gasteiger partial charge in [0.15, 0.2) is 0 Å². The van der Waals surface area contributed by atoms with Crippen molar-refractivity contribution < 1.29 is 5.11 Å². The smallest absolute Gasteiger partial charge is 0.124 e. The van der Waals surface area contributed by atoms with E-state index in [1.54, 1.807) is 0 Å². The Labute approximate surface area is 123 Å². The first-order valence-corrected chi connectivity index (χ1v) is 7.03. The van der Waals surface area contributed by atoms with Gasteiger partial charge in [0.05, 0.1) is 0 Å². The molecule has 0 heterocycles. The molecule has 4 rings (SSSR count). The molecular weight excluding hydrogens is 256 g/mol. The second-order valence-corrected chi connectivity index (χ2v) is 5.45. The summed E-state index contributed by atoms with van der Waals surface area (Å²) in [5.74, 6) is 6.47. The fourth-order valence-corrected chi connectivity index (χ4v) is 3.25. The quantitative estimate of drug-likeness (QED) is 0.353. The highest BCUT2D eigenvalue weighted by atomic mass is 16.3. The molecule has 21 heavy (non-hydrogen) atoms. The molecule has 100 valence electrons. The van der Waals surface area contributed by atoms with Crippen molar-refractivity contribution in [2.24, 2.45) is 0 Å². The molecule has 0 aliphatic rings.